The molecule has 58 valence electrons. The fourth-order valence-electron chi connectivity index (χ4n) is 0.217. The first-order valence-corrected chi connectivity index (χ1v) is 2.45. The van der Waals surface area contributed by atoms with Gasteiger partial charge in [-0.25, -0.2) is 0 Å². The predicted octanol–water partition coefficient (Wildman–Crippen LogP) is 1.98. The Hall–Kier alpha value is 0.823. The number of carbonyl (C=O) groups is 1. The van der Waals surface area contributed by atoms with Gasteiger partial charge < -0.3 is 4.74 Å². The molecule has 0 N–H and O–H groups in total. The van der Waals surface area contributed by atoms with Crippen LogP contribution in [0.5, 0.6) is 0 Å². The Bertz CT molecular complexity index is 98.4. The van der Waals surface area contributed by atoms with Gasteiger partial charge in [0.25, 0.3) is 5.97 Å². The normalized spacial score (nSPS) is 8.80. The van der Waals surface area contributed by atoms with Gasteiger partial charge in [0.1, 0.15) is 0 Å². The third kappa shape index (κ3) is 6.94. The summed E-state index contributed by atoms with van der Waals surface area (Å²) >= 11 is 0. The van der Waals surface area contributed by atoms with E-state index in [2.05, 4.69) is 11.8 Å². The number of hydrogen-bond donors (Lipinski definition) is 0. The van der Waals surface area contributed by atoms with Gasteiger partial charge in [0.05, 0.1) is 5.41 Å². The number of rotatable bonds is 0. The minimum absolute atomic E-state index is 0. The Morgan fingerprint density at radius 2 is 1.70 bits per heavy atom. The maximum Gasteiger partial charge on any atom is 0.279 e. The van der Waals surface area contributed by atoms with E-state index >= 15 is 0 Å². The standard InChI is InChI=1S/C6H11O2.HI.Zn/c1-6(2,3)5(7)8-4;;/h4H2,1-3H3;1H;/q-1;;. The Balaban J connectivity index is -0.000000245. The summed E-state index contributed by atoms with van der Waals surface area (Å²) < 4.78 is 4.23. The molecule has 0 aliphatic heterocycles. The number of halogens is 1. The van der Waals surface area contributed by atoms with Gasteiger partial charge in [-0.2, -0.15) is 7.11 Å². The van der Waals surface area contributed by atoms with Crippen LogP contribution >= 0.6 is 24.0 Å². The van der Waals surface area contributed by atoms with E-state index in [-0.39, 0.29) is 49.4 Å². The smallest absolute Gasteiger partial charge is 0.279 e. The van der Waals surface area contributed by atoms with Crippen LogP contribution in [0.25, 0.3) is 0 Å². The van der Waals surface area contributed by atoms with Gasteiger partial charge in [0, 0.05) is 19.5 Å². The van der Waals surface area contributed by atoms with Crippen molar-refractivity contribution >= 4 is 29.9 Å². The van der Waals surface area contributed by atoms with Gasteiger partial charge in [-0.3, -0.25) is 4.79 Å². The summed E-state index contributed by atoms with van der Waals surface area (Å²) in [6.45, 7) is 5.33. The van der Waals surface area contributed by atoms with Crippen LogP contribution < -0.4 is 0 Å². The molecule has 0 aliphatic carbocycles. The van der Waals surface area contributed by atoms with Crippen molar-refractivity contribution in [2.45, 2.75) is 20.8 Å². The van der Waals surface area contributed by atoms with E-state index in [0.29, 0.717) is 0 Å². The molecule has 0 fully saturated rings. The molecular formula is C6H12IO2Zn-. The Labute approximate surface area is 91.9 Å². The molecule has 10 heavy (non-hydrogen) atoms. The molecule has 0 aromatic carbocycles. The van der Waals surface area contributed by atoms with Crippen LogP contribution in [0.4, 0.5) is 0 Å². The molecular weight excluding hydrogens is 296 g/mol. The first-order chi connectivity index (χ1) is 3.48. The third-order valence-corrected chi connectivity index (χ3v) is 0.743. The van der Waals surface area contributed by atoms with E-state index in [1.807, 2.05) is 0 Å². The van der Waals surface area contributed by atoms with E-state index < -0.39 is 5.41 Å². The Morgan fingerprint density at radius 1 is 1.40 bits per heavy atom. The Morgan fingerprint density at radius 3 is 1.70 bits per heavy atom. The van der Waals surface area contributed by atoms with Crippen molar-refractivity contribution in [3.8, 4) is 0 Å². The molecule has 0 amide bonds. The molecule has 0 radical (unpaired) electrons. The summed E-state index contributed by atoms with van der Waals surface area (Å²) in [7, 11) is 3.00. The molecule has 0 aliphatic rings. The number of ether oxygens (including phenoxy) is 1. The van der Waals surface area contributed by atoms with Crippen LogP contribution in [0.2, 0.25) is 0 Å². The number of hydrogen-bond acceptors (Lipinski definition) is 2. The molecule has 0 rings (SSSR count). The van der Waals surface area contributed by atoms with Crippen molar-refractivity contribution in [2.75, 3.05) is 0 Å². The van der Waals surface area contributed by atoms with E-state index in [9.17, 15) is 4.79 Å². The SMILES string of the molecule is I.[CH2-]OC(=O)C(C)(C)C.[Zn]. The maximum absolute atomic E-state index is 10.5. The van der Waals surface area contributed by atoms with Crippen molar-refractivity contribution in [1.82, 2.24) is 0 Å². The van der Waals surface area contributed by atoms with Crippen LogP contribution in [-0.2, 0) is 29.0 Å². The molecule has 0 atom stereocenters. The summed E-state index contributed by atoms with van der Waals surface area (Å²) in [6.07, 6.45) is 0. The van der Waals surface area contributed by atoms with Crippen LogP contribution in [0.1, 0.15) is 20.8 Å². The molecule has 0 heterocycles. The zero-order valence-corrected chi connectivity index (χ0v) is 11.9. The van der Waals surface area contributed by atoms with Gasteiger partial charge in [-0.05, 0) is 20.8 Å². The minimum Gasteiger partial charge on any atom is -0.640 e. The molecule has 0 spiro atoms. The maximum atomic E-state index is 10.5. The summed E-state index contributed by atoms with van der Waals surface area (Å²) in [5.74, 6) is -0.280. The van der Waals surface area contributed by atoms with Crippen LogP contribution in [-0.4, -0.2) is 5.97 Å². The second-order valence-corrected chi connectivity index (χ2v) is 2.68. The van der Waals surface area contributed by atoms with Crippen LogP contribution in [0.15, 0.2) is 0 Å². The minimum atomic E-state index is -0.415. The molecule has 0 aromatic rings. The average molecular weight is 308 g/mol. The van der Waals surface area contributed by atoms with E-state index in [1.54, 1.807) is 20.8 Å². The fraction of sp³-hybridized carbons (Fsp3) is 0.667. The monoisotopic (exact) mass is 307 g/mol. The quantitative estimate of drug-likeness (QED) is 0.296. The van der Waals surface area contributed by atoms with E-state index in [4.69, 9.17) is 0 Å². The van der Waals surface area contributed by atoms with Crippen molar-refractivity contribution in [2.24, 2.45) is 5.41 Å². The number of esters is 1. The van der Waals surface area contributed by atoms with Crippen LogP contribution in [0, 0.1) is 12.5 Å². The van der Waals surface area contributed by atoms with Gasteiger partial charge in [-0.15, -0.1) is 24.0 Å². The zero-order chi connectivity index (χ0) is 6.78. The molecule has 0 bridgehead atoms. The molecule has 4 heteroatoms. The molecule has 0 unspecified atom stereocenters. The van der Waals surface area contributed by atoms with Crippen molar-refractivity contribution < 1.29 is 29.0 Å². The summed E-state index contributed by atoms with van der Waals surface area (Å²) in [6, 6.07) is 0. The Kier molecular flexibility index (Phi) is 11.1. The summed E-state index contributed by atoms with van der Waals surface area (Å²) in [5.41, 5.74) is -0.415. The van der Waals surface area contributed by atoms with E-state index in [1.165, 1.54) is 0 Å². The van der Waals surface area contributed by atoms with E-state index in [0.717, 1.165) is 0 Å². The fourth-order valence-corrected chi connectivity index (χ4v) is 0.217. The van der Waals surface area contributed by atoms with Crippen molar-refractivity contribution in [3.63, 3.8) is 0 Å². The summed E-state index contributed by atoms with van der Waals surface area (Å²) in [4.78, 5) is 10.5. The molecule has 0 saturated heterocycles. The molecule has 0 saturated carbocycles. The van der Waals surface area contributed by atoms with Crippen molar-refractivity contribution in [1.29, 1.82) is 0 Å². The second kappa shape index (κ2) is 6.53. The molecule has 0 aromatic heterocycles. The second-order valence-electron chi connectivity index (χ2n) is 2.68. The first kappa shape index (κ1) is 17.1. The van der Waals surface area contributed by atoms with Gasteiger partial charge >= 0.3 is 0 Å². The summed E-state index contributed by atoms with van der Waals surface area (Å²) in [5, 5.41) is 0. The largest absolute Gasteiger partial charge is 0.640 e. The number of carbonyl (C=O) groups excluding carboxylic acids is 1. The van der Waals surface area contributed by atoms with Gasteiger partial charge in [0.15, 0.2) is 0 Å². The average Bonchev–Trinajstić information content (AvgIpc) is 1.62. The predicted molar refractivity (Wildman–Crippen MR) is 46.3 cm³/mol. The van der Waals surface area contributed by atoms with Crippen LogP contribution in [0.3, 0.4) is 0 Å². The van der Waals surface area contributed by atoms with Gasteiger partial charge in [0.2, 0.25) is 0 Å². The third-order valence-electron chi connectivity index (χ3n) is 0.743. The zero-order valence-electron chi connectivity index (χ0n) is 6.64. The molecule has 2 nitrogen and oxygen atoms in total. The van der Waals surface area contributed by atoms with Crippen molar-refractivity contribution in [3.05, 3.63) is 7.11 Å². The van der Waals surface area contributed by atoms with Gasteiger partial charge in [-0.1, -0.05) is 0 Å². The topological polar surface area (TPSA) is 26.3 Å². The first-order valence-electron chi connectivity index (χ1n) is 2.45.